The zero-order valence-electron chi connectivity index (χ0n) is 16.0. The van der Waals surface area contributed by atoms with Crippen LogP contribution in [0.25, 0.3) is 10.2 Å². The van der Waals surface area contributed by atoms with Gasteiger partial charge in [-0.15, -0.1) is 11.3 Å². The van der Waals surface area contributed by atoms with Crippen molar-refractivity contribution in [2.24, 2.45) is 0 Å². The maximum Gasteiger partial charge on any atom is 0.143 e. The number of aryl methyl sites for hydroxylation is 2. The zero-order chi connectivity index (χ0) is 19.8. The minimum atomic E-state index is 0.652. The summed E-state index contributed by atoms with van der Waals surface area (Å²) in [5.74, 6) is 2.38. The Morgan fingerprint density at radius 1 is 1.10 bits per heavy atom. The van der Waals surface area contributed by atoms with Crippen molar-refractivity contribution in [1.82, 2.24) is 9.97 Å². The van der Waals surface area contributed by atoms with E-state index in [1.165, 1.54) is 22.4 Å². The quantitative estimate of drug-likeness (QED) is 0.418. The molecule has 1 aliphatic carbocycles. The molecule has 0 saturated carbocycles. The van der Waals surface area contributed by atoms with E-state index in [0.29, 0.717) is 11.4 Å². The van der Waals surface area contributed by atoms with Crippen LogP contribution in [0.1, 0.15) is 28.2 Å². The van der Waals surface area contributed by atoms with E-state index < -0.39 is 0 Å². The maximum atomic E-state index is 6.24. The highest BCUT2D eigenvalue weighted by molar-refractivity contribution is 7.19. The first-order valence-corrected chi connectivity index (χ1v) is 10.9. The van der Waals surface area contributed by atoms with Gasteiger partial charge in [-0.2, -0.15) is 0 Å². The van der Waals surface area contributed by atoms with Crippen LogP contribution in [0.4, 0.5) is 11.5 Å². The number of anilines is 2. The van der Waals surface area contributed by atoms with Crippen molar-refractivity contribution in [2.75, 3.05) is 12.4 Å². The van der Waals surface area contributed by atoms with Crippen molar-refractivity contribution in [3.8, 4) is 5.75 Å². The number of hydrogen-bond donors (Lipinski definition) is 1. The molecule has 0 spiro atoms. The highest BCUT2D eigenvalue weighted by Crippen LogP contribution is 2.41. The average molecular weight is 422 g/mol. The van der Waals surface area contributed by atoms with Crippen molar-refractivity contribution in [3.63, 3.8) is 0 Å². The summed E-state index contributed by atoms with van der Waals surface area (Å²) in [5.41, 5.74) is 3.39. The largest absolute Gasteiger partial charge is 0.495 e. The number of aromatic nitrogens is 2. The van der Waals surface area contributed by atoms with Gasteiger partial charge in [-0.3, -0.25) is 0 Å². The molecule has 1 N–H and O–H groups in total. The fourth-order valence-electron chi connectivity index (χ4n) is 3.89. The fourth-order valence-corrected chi connectivity index (χ4v) is 5.35. The summed E-state index contributed by atoms with van der Waals surface area (Å²) in [4.78, 5) is 12.3. The van der Waals surface area contributed by atoms with Gasteiger partial charge in [0.1, 0.15) is 22.2 Å². The van der Waals surface area contributed by atoms with Crippen molar-refractivity contribution in [1.29, 1.82) is 0 Å². The van der Waals surface area contributed by atoms with E-state index in [4.69, 9.17) is 26.3 Å². The number of thiophene rings is 1. The van der Waals surface area contributed by atoms with Crippen molar-refractivity contribution in [2.45, 2.75) is 25.7 Å². The molecule has 6 heteroatoms. The Kier molecular flexibility index (Phi) is 4.86. The van der Waals surface area contributed by atoms with Gasteiger partial charge in [0.25, 0.3) is 0 Å². The second-order valence-electron chi connectivity index (χ2n) is 7.16. The Labute approximate surface area is 178 Å². The molecule has 4 nitrogen and oxygen atoms in total. The summed E-state index contributed by atoms with van der Waals surface area (Å²) in [7, 11) is 1.66. The van der Waals surface area contributed by atoms with Crippen molar-refractivity contribution < 1.29 is 4.74 Å². The van der Waals surface area contributed by atoms with E-state index in [2.05, 4.69) is 17.4 Å². The molecule has 0 aliphatic heterocycles. The van der Waals surface area contributed by atoms with Crippen molar-refractivity contribution in [3.05, 3.63) is 75.4 Å². The Bertz CT molecular complexity index is 1190. The van der Waals surface area contributed by atoms with Gasteiger partial charge in [-0.25, -0.2) is 9.97 Å². The number of rotatable bonds is 5. The third kappa shape index (κ3) is 3.56. The summed E-state index contributed by atoms with van der Waals surface area (Å²) in [6, 6.07) is 15.9. The van der Waals surface area contributed by atoms with Gasteiger partial charge in [0, 0.05) is 16.3 Å². The fraction of sp³-hybridized carbons (Fsp3) is 0.217. The lowest BCUT2D eigenvalue weighted by atomic mass is 10.1. The molecule has 0 saturated heterocycles. The molecule has 2 heterocycles. The normalized spacial score (nSPS) is 12.9. The Morgan fingerprint density at radius 3 is 2.79 bits per heavy atom. The first-order chi connectivity index (χ1) is 14.2. The molecular weight excluding hydrogens is 402 g/mol. The first-order valence-electron chi connectivity index (χ1n) is 9.67. The van der Waals surface area contributed by atoms with Crippen LogP contribution in [0.15, 0.2) is 48.5 Å². The number of fused-ring (bicyclic) bond motifs is 3. The topological polar surface area (TPSA) is 47.0 Å². The van der Waals surface area contributed by atoms with E-state index in [1.54, 1.807) is 18.4 Å². The molecule has 5 rings (SSSR count). The Morgan fingerprint density at radius 2 is 1.97 bits per heavy atom. The standard InChI is InChI=1S/C23H20ClN3OS/c1-28-18-11-10-15(24)13-17(18)25-22-21-16-8-5-9-19(16)29-23(21)27-20(26-22)12-14-6-3-2-4-7-14/h2-4,6-7,10-11,13H,5,8-9,12H2,1H3,(H,25,26,27). The van der Waals surface area contributed by atoms with E-state index in [9.17, 15) is 0 Å². The van der Waals surface area contributed by atoms with Gasteiger partial charge in [-0.1, -0.05) is 41.9 Å². The van der Waals surface area contributed by atoms with Gasteiger partial charge >= 0.3 is 0 Å². The van der Waals surface area contributed by atoms with E-state index in [0.717, 1.165) is 46.1 Å². The molecule has 146 valence electrons. The number of methoxy groups -OCH3 is 1. The van der Waals surface area contributed by atoms with Crippen LogP contribution in [0.3, 0.4) is 0 Å². The number of nitrogens with zero attached hydrogens (tertiary/aromatic N) is 2. The van der Waals surface area contributed by atoms with Crippen molar-refractivity contribution >= 4 is 44.7 Å². The highest BCUT2D eigenvalue weighted by Gasteiger charge is 2.23. The maximum absolute atomic E-state index is 6.24. The van der Waals surface area contributed by atoms with Crippen LogP contribution < -0.4 is 10.1 Å². The average Bonchev–Trinajstić information content (AvgIpc) is 3.30. The van der Waals surface area contributed by atoms with E-state index >= 15 is 0 Å². The minimum Gasteiger partial charge on any atom is -0.495 e. The highest BCUT2D eigenvalue weighted by atomic mass is 35.5. The Hall–Kier alpha value is -2.63. The summed E-state index contributed by atoms with van der Waals surface area (Å²) in [5, 5.41) is 5.29. The molecule has 0 bridgehead atoms. The van der Waals surface area contributed by atoms with Crippen LogP contribution in [-0.4, -0.2) is 17.1 Å². The van der Waals surface area contributed by atoms with E-state index in [-0.39, 0.29) is 0 Å². The van der Waals surface area contributed by atoms with Gasteiger partial charge < -0.3 is 10.1 Å². The lowest BCUT2D eigenvalue weighted by molar-refractivity contribution is 0.417. The molecular formula is C23H20ClN3OS. The number of halogens is 1. The molecule has 29 heavy (non-hydrogen) atoms. The molecule has 4 aromatic rings. The number of ether oxygens (including phenoxy) is 1. The van der Waals surface area contributed by atoms with Crippen LogP contribution in [0, 0.1) is 0 Å². The molecule has 0 fully saturated rings. The lowest BCUT2D eigenvalue weighted by Crippen LogP contribution is -2.03. The molecule has 0 atom stereocenters. The molecule has 1 aliphatic rings. The zero-order valence-corrected chi connectivity index (χ0v) is 17.6. The predicted molar refractivity (Wildman–Crippen MR) is 120 cm³/mol. The number of nitrogens with one attached hydrogen (secondary N) is 1. The molecule has 0 unspecified atom stereocenters. The summed E-state index contributed by atoms with van der Waals surface area (Å²) >= 11 is 8.04. The minimum absolute atomic E-state index is 0.652. The summed E-state index contributed by atoms with van der Waals surface area (Å²) in [6.07, 6.45) is 4.10. The molecule has 0 radical (unpaired) electrons. The second-order valence-corrected chi connectivity index (χ2v) is 8.68. The van der Waals surface area contributed by atoms with Crippen LogP contribution in [-0.2, 0) is 19.3 Å². The van der Waals surface area contributed by atoms with Gasteiger partial charge in [0.15, 0.2) is 0 Å². The monoisotopic (exact) mass is 421 g/mol. The van der Waals surface area contributed by atoms with Crippen LogP contribution >= 0.6 is 22.9 Å². The third-order valence-corrected chi connectivity index (χ3v) is 6.65. The van der Waals surface area contributed by atoms with Crippen LogP contribution in [0.2, 0.25) is 5.02 Å². The number of benzene rings is 2. The third-order valence-electron chi connectivity index (χ3n) is 5.23. The summed E-state index contributed by atoms with van der Waals surface area (Å²) < 4.78 is 5.52. The first kappa shape index (κ1) is 18.4. The van der Waals surface area contributed by atoms with Gasteiger partial charge in [-0.05, 0) is 48.6 Å². The second kappa shape index (κ2) is 7.65. The molecule has 2 aromatic heterocycles. The smallest absolute Gasteiger partial charge is 0.143 e. The molecule has 2 aromatic carbocycles. The van der Waals surface area contributed by atoms with Gasteiger partial charge in [0.05, 0.1) is 18.2 Å². The lowest BCUT2D eigenvalue weighted by Gasteiger charge is -2.13. The Balaban J connectivity index is 1.63. The van der Waals surface area contributed by atoms with Gasteiger partial charge in [0.2, 0.25) is 0 Å². The van der Waals surface area contributed by atoms with E-state index in [1.807, 2.05) is 36.4 Å². The SMILES string of the molecule is COc1ccc(Cl)cc1Nc1nc(Cc2ccccc2)nc2sc3c(c12)CCC3. The predicted octanol–water partition coefficient (Wildman–Crippen LogP) is 6.18. The van der Waals surface area contributed by atoms with Crippen LogP contribution in [0.5, 0.6) is 5.75 Å². The molecule has 0 amide bonds. The summed E-state index contributed by atoms with van der Waals surface area (Å²) in [6.45, 7) is 0. The number of hydrogen-bond acceptors (Lipinski definition) is 5.